The van der Waals surface area contributed by atoms with Crippen molar-refractivity contribution in [2.45, 2.75) is 6.61 Å². The number of ether oxygens (including phenoxy) is 2. The molecule has 138 valence electrons. The zero-order valence-corrected chi connectivity index (χ0v) is 13.6. The smallest absolute Gasteiger partial charge is 0.338 e. The van der Waals surface area contributed by atoms with Crippen molar-refractivity contribution in [1.29, 1.82) is 0 Å². The first-order valence-corrected chi connectivity index (χ1v) is 7.64. The van der Waals surface area contributed by atoms with Gasteiger partial charge in [0.2, 0.25) is 17.5 Å². The number of hydrogen-bond acceptors (Lipinski definition) is 4. The molecule has 0 radical (unpaired) electrons. The van der Waals surface area contributed by atoms with Gasteiger partial charge in [-0.3, -0.25) is 0 Å². The van der Waals surface area contributed by atoms with Gasteiger partial charge in [0.1, 0.15) is 12.4 Å². The van der Waals surface area contributed by atoms with Crippen LogP contribution in [0.3, 0.4) is 0 Å². The molecule has 3 rings (SSSR count). The van der Waals surface area contributed by atoms with Crippen molar-refractivity contribution in [2.75, 3.05) is 0 Å². The van der Waals surface area contributed by atoms with Crippen LogP contribution >= 0.6 is 0 Å². The van der Waals surface area contributed by atoms with Crippen LogP contribution in [0.15, 0.2) is 54.6 Å². The van der Waals surface area contributed by atoms with Gasteiger partial charge in [0.25, 0.3) is 11.8 Å². The number of rotatable bonds is 5. The predicted octanol–water partition coefficient (Wildman–Crippen LogP) is 4.79. The topological polar surface area (TPSA) is 48.4 Å². The van der Waals surface area contributed by atoms with Crippen LogP contribution in [0, 0.1) is 23.4 Å². The maximum atomic E-state index is 13.6. The number of carbonyl (C=O) groups excluding carboxylic acids is 1. The van der Waals surface area contributed by atoms with Crippen molar-refractivity contribution in [3.63, 3.8) is 0 Å². The third-order valence-corrected chi connectivity index (χ3v) is 3.47. The first kappa shape index (κ1) is 18.4. The van der Waals surface area contributed by atoms with Crippen LogP contribution in [-0.2, 0) is 11.3 Å². The summed E-state index contributed by atoms with van der Waals surface area (Å²) in [6.45, 7) is 0.0845. The lowest BCUT2D eigenvalue weighted by Gasteiger charge is -2.08. The summed E-state index contributed by atoms with van der Waals surface area (Å²) in [6.07, 6.45) is 0. The van der Waals surface area contributed by atoms with Crippen LogP contribution < -0.4 is 4.74 Å². The molecule has 4 nitrogen and oxygen atoms in total. The zero-order valence-electron chi connectivity index (χ0n) is 13.6. The van der Waals surface area contributed by atoms with E-state index in [4.69, 9.17) is 9.47 Å². The molecular formula is C19H11F4NO3. The van der Waals surface area contributed by atoms with E-state index in [1.807, 2.05) is 18.2 Å². The fourth-order valence-corrected chi connectivity index (χ4v) is 2.11. The van der Waals surface area contributed by atoms with E-state index >= 15 is 0 Å². The van der Waals surface area contributed by atoms with Crippen molar-refractivity contribution in [2.24, 2.45) is 0 Å². The number of benzene rings is 2. The van der Waals surface area contributed by atoms with Gasteiger partial charge in [-0.2, -0.15) is 18.2 Å². The molecule has 1 aromatic heterocycles. The van der Waals surface area contributed by atoms with E-state index in [0.29, 0.717) is 0 Å². The normalized spacial score (nSPS) is 10.5. The summed E-state index contributed by atoms with van der Waals surface area (Å²) < 4.78 is 62.8. The quantitative estimate of drug-likeness (QED) is 0.365. The summed E-state index contributed by atoms with van der Waals surface area (Å²) in [5, 5.41) is 0. The summed E-state index contributed by atoms with van der Waals surface area (Å²) in [5.41, 5.74) is 0.996. The van der Waals surface area contributed by atoms with Gasteiger partial charge < -0.3 is 9.47 Å². The molecule has 0 amide bonds. The Kier molecular flexibility index (Phi) is 5.35. The maximum absolute atomic E-state index is 13.6. The number of nitrogens with zero attached hydrogens (tertiary/aromatic N) is 1. The van der Waals surface area contributed by atoms with Crippen LogP contribution in [0.25, 0.3) is 0 Å². The van der Waals surface area contributed by atoms with Crippen molar-refractivity contribution < 1.29 is 31.8 Å². The number of hydrogen-bond donors (Lipinski definition) is 0. The average molecular weight is 377 g/mol. The van der Waals surface area contributed by atoms with E-state index in [1.165, 1.54) is 24.3 Å². The summed E-state index contributed by atoms with van der Waals surface area (Å²) in [5.74, 6) is -9.38. The van der Waals surface area contributed by atoms with Crippen LogP contribution in [0.5, 0.6) is 11.6 Å². The molecule has 0 atom stereocenters. The van der Waals surface area contributed by atoms with E-state index < -0.39 is 35.2 Å². The highest BCUT2D eigenvalue weighted by atomic mass is 19.2. The van der Waals surface area contributed by atoms with E-state index in [1.54, 1.807) is 12.1 Å². The molecule has 1 heterocycles. The molecular weight excluding hydrogens is 366 g/mol. The Bertz CT molecular complexity index is 963. The Hall–Kier alpha value is -3.42. The number of pyridine rings is 1. The highest BCUT2D eigenvalue weighted by molar-refractivity contribution is 5.89. The predicted molar refractivity (Wildman–Crippen MR) is 86.1 cm³/mol. The van der Waals surface area contributed by atoms with Crippen LogP contribution in [0.4, 0.5) is 17.6 Å². The SMILES string of the molecule is O=C(OCc1ccccc1)c1ccc(Oc2nc(F)c(F)c(F)c2F)cc1. The minimum Gasteiger partial charge on any atom is -0.457 e. The number of aromatic nitrogens is 1. The molecule has 0 aliphatic carbocycles. The van der Waals surface area contributed by atoms with Gasteiger partial charge in [0, 0.05) is 0 Å². The van der Waals surface area contributed by atoms with Gasteiger partial charge in [0.15, 0.2) is 0 Å². The molecule has 3 aromatic rings. The van der Waals surface area contributed by atoms with Crippen molar-refractivity contribution in [3.8, 4) is 11.6 Å². The minimum absolute atomic E-state index is 0.0635. The van der Waals surface area contributed by atoms with Crippen molar-refractivity contribution in [1.82, 2.24) is 4.98 Å². The lowest BCUT2D eigenvalue weighted by molar-refractivity contribution is 0.0472. The van der Waals surface area contributed by atoms with Crippen LogP contribution in [-0.4, -0.2) is 11.0 Å². The largest absolute Gasteiger partial charge is 0.457 e. The Morgan fingerprint density at radius 3 is 2.19 bits per heavy atom. The third-order valence-electron chi connectivity index (χ3n) is 3.47. The molecule has 27 heavy (non-hydrogen) atoms. The lowest BCUT2D eigenvalue weighted by atomic mass is 10.2. The van der Waals surface area contributed by atoms with Crippen molar-refractivity contribution in [3.05, 3.63) is 89.1 Å². The Labute approximate surface area is 151 Å². The highest BCUT2D eigenvalue weighted by Crippen LogP contribution is 2.26. The second kappa shape index (κ2) is 7.86. The third kappa shape index (κ3) is 4.22. The second-order valence-corrected chi connectivity index (χ2v) is 5.34. The standard InChI is InChI=1S/C19H11F4NO3/c20-14-15(21)17(23)24-18(16(14)22)27-13-8-6-12(7-9-13)19(25)26-10-11-4-2-1-3-5-11/h1-9H,10H2. The van der Waals surface area contributed by atoms with E-state index in [2.05, 4.69) is 4.98 Å². The summed E-state index contributed by atoms with van der Waals surface area (Å²) in [6, 6.07) is 14.2. The zero-order chi connectivity index (χ0) is 19.4. The van der Waals surface area contributed by atoms with Gasteiger partial charge in [-0.25, -0.2) is 9.18 Å². The molecule has 0 saturated heterocycles. The maximum Gasteiger partial charge on any atom is 0.338 e. The fourth-order valence-electron chi connectivity index (χ4n) is 2.11. The summed E-state index contributed by atoms with van der Waals surface area (Å²) >= 11 is 0. The molecule has 8 heteroatoms. The van der Waals surface area contributed by atoms with Crippen LogP contribution in [0.2, 0.25) is 0 Å². The summed E-state index contributed by atoms with van der Waals surface area (Å²) in [4.78, 5) is 14.9. The molecule has 2 aromatic carbocycles. The number of esters is 1. The molecule has 0 spiro atoms. The highest BCUT2D eigenvalue weighted by Gasteiger charge is 2.22. The van der Waals surface area contributed by atoms with E-state index in [-0.39, 0.29) is 17.9 Å². The first-order chi connectivity index (χ1) is 13.0. The number of carbonyl (C=O) groups is 1. The second-order valence-electron chi connectivity index (χ2n) is 5.34. The minimum atomic E-state index is -2.03. The van der Waals surface area contributed by atoms with Gasteiger partial charge in [-0.1, -0.05) is 30.3 Å². The van der Waals surface area contributed by atoms with E-state index in [0.717, 1.165) is 5.56 Å². The summed E-state index contributed by atoms with van der Waals surface area (Å²) in [7, 11) is 0. The molecule has 0 bridgehead atoms. The Morgan fingerprint density at radius 2 is 1.52 bits per heavy atom. The molecule has 0 aliphatic heterocycles. The van der Waals surface area contributed by atoms with Crippen LogP contribution in [0.1, 0.15) is 15.9 Å². The van der Waals surface area contributed by atoms with E-state index in [9.17, 15) is 22.4 Å². The Morgan fingerprint density at radius 1 is 0.852 bits per heavy atom. The first-order valence-electron chi connectivity index (χ1n) is 7.64. The van der Waals surface area contributed by atoms with Gasteiger partial charge in [0.05, 0.1) is 5.56 Å². The Balaban J connectivity index is 1.68. The van der Waals surface area contributed by atoms with Gasteiger partial charge >= 0.3 is 5.97 Å². The number of halogens is 4. The average Bonchev–Trinajstić information content (AvgIpc) is 2.70. The molecule has 0 saturated carbocycles. The van der Waals surface area contributed by atoms with Gasteiger partial charge in [-0.15, -0.1) is 0 Å². The fraction of sp³-hybridized carbons (Fsp3) is 0.0526. The molecule has 0 unspecified atom stereocenters. The van der Waals surface area contributed by atoms with Crippen molar-refractivity contribution >= 4 is 5.97 Å². The van der Waals surface area contributed by atoms with Gasteiger partial charge in [-0.05, 0) is 29.8 Å². The lowest BCUT2D eigenvalue weighted by Crippen LogP contribution is -2.05. The molecule has 0 N–H and O–H groups in total. The molecule has 0 fully saturated rings. The molecule has 0 aliphatic rings. The monoisotopic (exact) mass is 377 g/mol.